The van der Waals surface area contributed by atoms with Gasteiger partial charge in [0.25, 0.3) is 0 Å². The van der Waals surface area contributed by atoms with Gasteiger partial charge in [0.05, 0.1) is 16.8 Å². The number of fused-ring (bicyclic) bond motifs is 1. The summed E-state index contributed by atoms with van der Waals surface area (Å²) >= 11 is 0. The fraction of sp³-hybridized carbons (Fsp3) is 0.333. The number of likely N-dealkylation sites (N-methyl/N-ethyl adjacent to an activating group) is 1. The SMILES string of the molecule is CNC1CCN(c2c(C#N)cnc3ccccc23)C1. The summed E-state index contributed by atoms with van der Waals surface area (Å²) in [5.41, 5.74) is 2.64. The van der Waals surface area contributed by atoms with Gasteiger partial charge in [-0.15, -0.1) is 0 Å². The van der Waals surface area contributed by atoms with Gasteiger partial charge in [-0.05, 0) is 19.5 Å². The van der Waals surface area contributed by atoms with Crippen LogP contribution >= 0.6 is 0 Å². The van der Waals surface area contributed by atoms with Gasteiger partial charge < -0.3 is 10.2 Å². The zero-order valence-corrected chi connectivity index (χ0v) is 10.9. The van der Waals surface area contributed by atoms with E-state index in [1.807, 2.05) is 31.3 Å². The number of pyridine rings is 1. The minimum Gasteiger partial charge on any atom is -0.368 e. The number of nitrogens with zero attached hydrogens (tertiary/aromatic N) is 3. The van der Waals surface area contributed by atoms with Crippen molar-refractivity contribution in [2.75, 3.05) is 25.0 Å². The number of nitrogens with one attached hydrogen (secondary N) is 1. The average Bonchev–Trinajstić information content (AvgIpc) is 2.94. The molecule has 1 aromatic heterocycles. The Labute approximate surface area is 112 Å². The molecule has 1 atom stereocenters. The largest absolute Gasteiger partial charge is 0.368 e. The Morgan fingerprint density at radius 1 is 1.42 bits per heavy atom. The number of nitriles is 1. The molecule has 0 bridgehead atoms. The lowest BCUT2D eigenvalue weighted by Crippen LogP contribution is -2.29. The Morgan fingerprint density at radius 2 is 2.26 bits per heavy atom. The third kappa shape index (κ3) is 2.02. The number of hydrogen-bond donors (Lipinski definition) is 1. The summed E-state index contributed by atoms with van der Waals surface area (Å²) in [7, 11) is 1.99. The van der Waals surface area contributed by atoms with E-state index in [2.05, 4.69) is 21.3 Å². The second-order valence-corrected chi connectivity index (χ2v) is 4.87. The predicted octanol–water partition coefficient (Wildman–Crippen LogP) is 1.90. The third-order valence-electron chi connectivity index (χ3n) is 3.78. The molecule has 19 heavy (non-hydrogen) atoms. The Hall–Kier alpha value is -2.12. The molecule has 0 aliphatic carbocycles. The molecule has 3 rings (SSSR count). The molecule has 0 spiro atoms. The fourth-order valence-corrected chi connectivity index (χ4v) is 2.75. The lowest BCUT2D eigenvalue weighted by molar-refractivity contribution is 0.617. The fourth-order valence-electron chi connectivity index (χ4n) is 2.75. The van der Waals surface area contributed by atoms with Gasteiger partial charge in [0.1, 0.15) is 6.07 Å². The Morgan fingerprint density at radius 3 is 3.00 bits per heavy atom. The predicted molar refractivity (Wildman–Crippen MR) is 76.1 cm³/mol. The molecular formula is C15H16N4. The van der Waals surface area contributed by atoms with Crippen molar-refractivity contribution in [3.63, 3.8) is 0 Å². The van der Waals surface area contributed by atoms with Gasteiger partial charge in [0.2, 0.25) is 0 Å². The first-order valence-corrected chi connectivity index (χ1v) is 6.53. The Bertz CT molecular complexity index is 644. The van der Waals surface area contributed by atoms with Gasteiger partial charge in [-0.1, -0.05) is 18.2 Å². The molecule has 1 aromatic carbocycles. The summed E-state index contributed by atoms with van der Waals surface area (Å²) in [6.07, 6.45) is 2.79. The van der Waals surface area contributed by atoms with Crippen molar-refractivity contribution in [3.05, 3.63) is 36.0 Å². The minimum atomic E-state index is 0.499. The number of hydrogen-bond acceptors (Lipinski definition) is 4. The van der Waals surface area contributed by atoms with E-state index in [1.165, 1.54) is 0 Å². The van der Waals surface area contributed by atoms with E-state index in [-0.39, 0.29) is 0 Å². The number of rotatable bonds is 2. The van der Waals surface area contributed by atoms with Crippen LogP contribution in [0.3, 0.4) is 0 Å². The lowest BCUT2D eigenvalue weighted by Gasteiger charge is -2.21. The monoisotopic (exact) mass is 252 g/mol. The first-order valence-electron chi connectivity index (χ1n) is 6.53. The molecule has 96 valence electrons. The van der Waals surface area contributed by atoms with E-state index in [0.717, 1.165) is 36.1 Å². The van der Waals surface area contributed by atoms with Crippen molar-refractivity contribution in [1.29, 1.82) is 5.26 Å². The van der Waals surface area contributed by atoms with Gasteiger partial charge in [-0.25, -0.2) is 0 Å². The molecule has 0 radical (unpaired) electrons. The normalized spacial score (nSPS) is 18.7. The van der Waals surface area contributed by atoms with Crippen LogP contribution in [0.5, 0.6) is 0 Å². The summed E-state index contributed by atoms with van der Waals surface area (Å²) < 4.78 is 0. The van der Waals surface area contributed by atoms with E-state index < -0.39 is 0 Å². The lowest BCUT2D eigenvalue weighted by atomic mass is 10.1. The van der Waals surface area contributed by atoms with Crippen molar-refractivity contribution in [1.82, 2.24) is 10.3 Å². The summed E-state index contributed by atoms with van der Waals surface area (Å²) in [6.45, 7) is 1.92. The molecule has 2 heterocycles. The van der Waals surface area contributed by atoms with E-state index in [4.69, 9.17) is 0 Å². The minimum absolute atomic E-state index is 0.499. The van der Waals surface area contributed by atoms with Crippen molar-refractivity contribution in [2.24, 2.45) is 0 Å². The molecule has 0 amide bonds. The van der Waals surface area contributed by atoms with Crippen molar-refractivity contribution >= 4 is 16.6 Å². The van der Waals surface area contributed by atoms with Crippen LogP contribution in [0.25, 0.3) is 10.9 Å². The molecule has 1 aliphatic rings. The molecule has 4 nitrogen and oxygen atoms in total. The van der Waals surface area contributed by atoms with Crippen LogP contribution in [0.1, 0.15) is 12.0 Å². The van der Waals surface area contributed by atoms with Crippen molar-refractivity contribution in [3.8, 4) is 6.07 Å². The summed E-state index contributed by atoms with van der Waals surface area (Å²) in [4.78, 5) is 6.65. The van der Waals surface area contributed by atoms with E-state index in [0.29, 0.717) is 11.6 Å². The molecule has 1 fully saturated rings. The van der Waals surface area contributed by atoms with E-state index >= 15 is 0 Å². The zero-order valence-electron chi connectivity index (χ0n) is 10.9. The maximum absolute atomic E-state index is 9.33. The first-order chi connectivity index (χ1) is 9.33. The van der Waals surface area contributed by atoms with Gasteiger partial charge in [-0.2, -0.15) is 5.26 Å². The molecule has 1 N–H and O–H groups in total. The molecule has 0 saturated carbocycles. The van der Waals surface area contributed by atoms with Crippen LogP contribution < -0.4 is 10.2 Å². The van der Waals surface area contributed by atoms with E-state index in [1.54, 1.807) is 6.20 Å². The van der Waals surface area contributed by atoms with Crippen LogP contribution in [-0.2, 0) is 0 Å². The Kier molecular flexibility index (Phi) is 3.06. The van der Waals surface area contributed by atoms with Crippen LogP contribution in [-0.4, -0.2) is 31.2 Å². The van der Waals surface area contributed by atoms with E-state index in [9.17, 15) is 5.26 Å². The number of benzene rings is 1. The number of para-hydroxylation sites is 1. The van der Waals surface area contributed by atoms with Gasteiger partial charge in [0.15, 0.2) is 0 Å². The smallest absolute Gasteiger partial charge is 0.103 e. The second kappa shape index (κ2) is 4.87. The molecule has 1 saturated heterocycles. The van der Waals surface area contributed by atoms with Gasteiger partial charge >= 0.3 is 0 Å². The van der Waals surface area contributed by atoms with Crippen LogP contribution in [0, 0.1) is 11.3 Å². The highest BCUT2D eigenvalue weighted by Gasteiger charge is 2.24. The standard InChI is InChI=1S/C15H16N4/c1-17-12-6-7-19(10-12)15-11(8-16)9-18-14-5-3-2-4-13(14)15/h2-5,9,12,17H,6-7,10H2,1H3. The van der Waals surface area contributed by atoms with Crippen molar-refractivity contribution < 1.29 is 0 Å². The maximum Gasteiger partial charge on any atom is 0.103 e. The van der Waals surface area contributed by atoms with Crippen LogP contribution in [0.4, 0.5) is 5.69 Å². The zero-order chi connectivity index (χ0) is 13.2. The van der Waals surface area contributed by atoms with Crippen LogP contribution in [0.15, 0.2) is 30.5 Å². The van der Waals surface area contributed by atoms with Crippen LogP contribution in [0.2, 0.25) is 0 Å². The highest BCUT2D eigenvalue weighted by atomic mass is 15.2. The third-order valence-corrected chi connectivity index (χ3v) is 3.78. The summed E-state index contributed by atoms with van der Waals surface area (Å²) in [6, 6.07) is 10.8. The highest BCUT2D eigenvalue weighted by molar-refractivity contribution is 5.94. The maximum atomic E-state index is 9.33. The first kappa shape index (κ1) is 11.9. The van der Waals surface area contributed by atoms with Crippen molar-refractivity contribution in [2.45, 2.75) is 12.5 Å². The molecule has 1 unspecified atom stereocenters. The topological polar surface area (TPSA) is 52.0 Å². The molecular weight excluding hydrogens is 236 g/mol. The summed E-state index contributed by atoms with van der Waals surface area (Å²) in [5.74, 6) is 0. The number of aromatic nitrogens is 1. The average molecular weight is 252 g/mol. The summed E-state index contributed by atoms with van der Waals surface area (Å²) in [5, 5.41) is 13.7. The van der Waals surface area contributed by atoms with Gasteiger partial charge in [0, 0.05) is 30.7 Å². The molecule has 4 heteroatoms. The molecule has 2 aromatic rings. The highest BCUT2D eigenvalue weighted by Crippen LogP contribution is 2.31. The molecule has 1 aliphatic heterocycles. The quantitative estimate of drug-likeness (QED) is 0.887. The Balaban J connectivity index is 2.13. The number of anilines is 1. The second-order valence-electron chi connectivity index (χ2n) is 4.87. The van der Waals surface area contributed by atoms with Gasteiger partial charge in [-0.3, -0.25) is 4.98 Å².